The predicted molar refractivity (Wildman–Crippen MR) is 161 cm³/mol. The Kier molecular flexibility index (Phi) is 10.8. The third-order valence-electron chi connectivity index (χ3n) is 8.38. The van der Waals surface area contributed by atoms with Crippen LogP contribution >= 0.6 is 11.6 Å². The van der Waals surface area contributed by atoms with E-state index in [9.17, 15) is 14.4 Å². The van der Waals surface area contributed by atoms with Gasteiger partial charge in [0.2, 0.25) is 0 Å². The minimum absolute atomic E-state index is 0.00435. The topological polar surface area (TPSA) is 104 Å². The van der Waals surface area contributed by atoms with Gasteiger partial charge in [0.25, 0.3) is 5.91 Å². The summed E-state index contributed by atoms with van der Waals surface area (Å²) in [6, 6.07) is 9.37. The number of ether oxygens (including phenoxy) is 2. The summed E-state index contributed by atoms with van der Waals surface area (Å²) in [5, 5.41) is 3.43. The lowest BCUT2D eigenvalue weighted by Crippen LogP contribution is -2.51. The Hall–Kier alpha value is -3.21. The van der Waals surface area contributed by atoms with Crippen molar-refractivity contribution in [1.29, 1.82) is 0 Å². The van der Waals surface area contributed by atoms with Gasteiger partial charge in [-0.25, -0.2) is 14.6 Å². The first kappa shape index (κ1) is 31.7. The van der Waals surface area contributed by atoms with Crippen LogP contribution in [-0.4, -0.2) is 103 Å². The van der Waals surface area contributed by atoms with Crippen LogP contribution in [0, 0.1) is 13.8 Å². The van der Waals surface area contributed by atoms with Crippen molar-refractivity contribution in [3.63, 3.8) is 0 Å². The van der Waals surface area contributed by atoms with Crippen molar-refractivity contribution < 1.29 is 23.9 Å². The molecule has 2 saturated heterocycles. The highest BCUT2D eigenvalue weighted by molar-refractivity contribution is 6.29. The van der Waals surface area contributed by atoms with Gasteiger partial charge in [0, 0.05) is 51.9 Å². The quantitative estimate of drug-likeness (QED) is 0.307. The van der Waals surface area contributed by atoms with Gasteiger partial charge in [0.05, 0.1) is 36.6 Å². The Balaban J connectivity index is 1.28. The number of halogens is 1. The molecule has 1 N–H and O–H groups in total. The molecule has 228 valence electrons. The van der Waals surface area contributed by atoms with E-state index in [0.29, 0.717) is 54.3 Å². The molecule has 11 heteroatoms. The minimum Gasteiger partial charge on any atom is -0.465 e. The van der Waals surface area contributed by atoms with Crippen molar-refractivity contribution in [3.8, 4) is 0 Å². The number of pyridine rings is 1. The summed E-state index contributed by atoms with van der Waals surface area (Å²) >= 11 is 6.01. The van der Waals surface area contributed by atoms with Crippen molar-refractivity contribution in [2.24, 2.45) is 0 Å². The van der Waals surface area contributed by atoms with Gasteiger partial charge in [-0.05, 0) is 69.4 Å². The van der Waals surface area contributed by atoms with Crippen LogP contribution in [0.15, 0.2) is 30.3 Å². The second-order valence-corrected chi connectivity index (χ2v) is 11.6. The molecule has 1 unspecified atom stereocenters. The molecule has 4 rings (SSSR count). The molecular formula is C31H42ClN5O5. The zero-order chi connectivity index (χ0) is 30.4. The number of likely N-dealkylation sites (tertiary alicyclic amines) is 1. The number of hydrogen-bond acceptors (Lipinski definition) is 7. The third-order valence-corrected chi connectivity index (χ3v) is 8.57. The molecule has 2 aromatic rings. The maximum atomic E-state index is 13.6. The molecule has 2 aliphatic heterocycles. The number of urea groups is 1. The molecule has 0 bridgehead atoms. The molecule has 1 aromatic heterocycles. The summed E-state index contributed by atoms with van der Waals surface area (Å²) in [5.41, 5.74) is 3.48. The van der Waals surface area contributed by atoms with Gasteiger partial charge in [-0.2, -0.15) is 0 Å². The van der Waals surface area contributed by atoms with Gasteiger partial charge in [-0.3, -0.25) is 4.79 Å². The van der Waals surface area contributed by atoms with E-state index in [4.69, 9.17) is 21.1 Å². The second kappa shape index (κ2) is 14.3. The Morgan fingerprint density at radius 3 is 2.45 bits per heavy atom. The smallest absolute Gasteiger partial charge is 0.337 e. The number of rotatable bonds is 11. The van der Waals surface area contributed by atoms with Crippen LogP contribution in [0.5, 0.6) is 0 Å². The van der Waals surface area contributed by atoms with Crippen LogP contribution in [0.1, 0.15) is 63.7 Å². The maximum Gasteiger partial charge on any atom is 0.337 e. The molecule has 1 aromatic carbocycles. The van der Waals surface area contributed by atoms with Crippen LogP contribution < -0.4 is 5.32 Å². The maximum absolute atomic E-state index is 13.6. The fourth-order valence-corrected chi connectivity index (χ4v) is 6.43. The van der Waals surface area contributed by atoms with E-state index in [1.54, 1.807) is 32.2 Å². The summed E-state index contributed by atoms with van der Waals surface area (Å²) in [7, 11) is 3.03. The summed E-state index contributed by atoms with van der Waals surface area (Å²) < 4.78 is 10.3. The summed E-state index contributed by atoms with van der Waals surface area (Å²) in [4.78, 5) is 48.7. The highest BCUT2D eigenvalue weighted by Crippen LogP contribution is 2.28. The molecule has 42 heavy (non-hydrogen) atoms. The average molecular weight is 600 g/mol. The Morgan fingerprint density at radius 1 is 1.14 bits per heavy atom. The highest BCUT2D eigenvalue weighted by atomic mass is 35.5. The van der Waals surface area contributed by atoms with Gasteiger partial charge in [0.15, 0.2) is 0 Å². The lowest BCUT2D eigenvalue weighted by Gasteiger charge is -2.40. The van der Waals surface area contributed by atoms with Crippen molar-refractivity contribution >= 4 is 29.5 Å². The van der Waals surface area contributed by atoms with Crippen LogP contribution in [0.2, 0.25) is 5.15 Å². The number of nitrogens with zero attached hydrogens (tertiary/aromatic N) is 4. The zero-order valence-corrected chi connectivity index (χ0v) is 25.9. The fraction of sp³-hybridized carbons (Fsp3) is 0.548. The Morgan fingerprint density at radius 2 is 1.83 bits per heavy atom. The van der Waals surface area contributed by atoms with E-state index in [1.807, 2.05) is 28.9 Å². The van der Waals surface area contributed by atoms with Crippen molar-refractivity contribution in [3.05, 3.63) is 63.4 Å². The van der Waals surface area contributed by atoms with Crippen LogP contribution in [0.3, 0.4) is 0 Å². The highest BCUT2D eigenvalue weighted by Gasteiger charge is 2.42. The summed E-state index contributed by atoms with van der Waals surface area (Å²) in [6.07, 6.45) is 2.60. The standard InChI is InChI=1S/C31H42ClN5O5/c1-20-16-27(32)34-22(3)28(20)29(38)33-13-10-21(2)35-14-11-25(12-15-35)37-26(19-41-4)18-36(31(37)40)17-23-6-8-24(9-7-23)30(39)42-5/h6-9,16,21,25-26H,10-15,17-19H2,1-5H3,(H,33,38)/t21?,26-/m0/s1. The number of piperidine rings is 1. The number of aryl methyl sites for hydroxylation is 2. The monoisotopic (exact) mass is 599 g/mol. The third kappa shape index (κ3) is 7.40. The van der Waals surface area contributed by atoms with Crippen molar-refractivity contribution in [2.75, 3.05) is 47.0 Å². The number of aromatic nitrogens is 1. The van der Waals surface area contributed by atoms with Gasteiger partial charge in [-0.15, -0.1) is 0 Å². The fourth-order valence-electron chi connectivity index (χ4n) is 6.13. The number of carbonyl (C=O) groups excluding carboxylic acids is 3. The van der Waals surface area contributed by atoms with E-state index in [-0.39, 0.29) is 30.0 Å². The van der Waals surface area contributed by atoms with Crippen molar-refractivity contribution in [2.45, 2.75) is 64.7 Å². The number of carbonyl (C=O) groups is 3. The molecule has 0 radical (unpaired) electrons. The summed E-state index contributed by atoms with van der Waals surface area (Å²) in [5.74, 6) is -0.503. The van der Waals surface area contributed by atoms with E-state index in [0.717, 1.165) is 43.5 Å². The number of amides is 3. The number of benzene rings is 1. The molecule has 3 heterocycles. The Bertz CT molecular complexity index is 1240. The SMILES string of the molecule is COC[C@@H]1CN(Cc2ccc(C(=O)OC)cc2)C(=O)N1C1CCN(C(C)CCNC(=O)c2c(C)cc(Cl)nc2C)CC1. The molecule has 2 fully saturated rings. The predicted octanol–water partition coefficient (Wildman–Crippen LogP) is 4.06. The molecule has 0 spiro atoms. The van der Waals surface area contributed by atoms with Crippen LogP contribution in [0.4, 0.5) is 4.79 Å². The molecule has 2 aliphatic rings. The van der Waals surface area contributed by atoms with Crippen molar-refractivity contribution in [1.82, 2.24) is 25.0 Å². The normalized spacial score (nSPS) is 18.8. The lowest BCUT2D eigenvalue weighted by atomic mass is 10.00. The summed E-state index contributed by atoms with van der Waals surface area (Å²) in [6.45, 7) is 9.76. The van der Waals surface area contributed by atoms with E-state index >= 15 is 0 Å². The molecule has 10 nitrogen and oxygen atoms in total. The number of nitrogens with one attached hydrogen (secondary N) is 1. The minimum atomic E-state index is -0.379. The average Bonchev–Trinajstić information content (AvgIpc) is 3.26. The number of hydrogen-bond donors (Lipinski definition) is 1. The first-order valence-electron chi connectivity index (χ1n) is 14.5. The molecular weight excluding hydrogens is 558 g/mol. The molecule has 3 amide bonds. The molecule has 2 atom stereocenters. The lowest BCUT2D eigenvalue weighted by molar-refractivity contribution is 0.0600. The molecule has 0 aliphatic carbocycles. The van der Waals surface area contributed by atoms with Gasteiger partial charge in [0.1, 0.15) is 5.15 Å². The first-order chi connectivity index (χ1) is 20.1. The van der Waals surface area contributed by atoms with E-state index < -0.39 is 0 Å². The van der Waals surface area contributed by atoms with Crippen LogP contribution in [-0.2, 0) is 16.0 Å². The number of methoxy groups -OCH3 is 2. The van der Waals surface area contributed by atoms with E-state index in [1.165, 1.54) is 7.11 Å². The van der Waals surface area contributed by atoms with Crippen LogP contribution in [0.25, 0.3) is 0 Å². The van der Waals surface area contributed by atoms with Gasteiger partial charge >= 0.3 is 12.0 Å². The zero-order valence-electron chi connectivity index (χ0n) is 25.2. The largest absolute Gasteiger partial charge is 0.465 e. The van der Waals surface area contributed by atoms with E-state index in [2.05, 4.69) is 22.1 Å². The molecule has 0 saturated carbocycles. The Labute approximate surface area is 253 Å². The second-order valence-electron chi connectivity index (χ2n) is 11.3. The van der Waals surface area contributed by atoms with Gasteiger partial charge < -0.3 is 29.5 Å². The first-order valence-corrected chi connectivity index (χ1v) is 14.9. The number of esters is 1. The van der Waals surface area contributed by atoms with Gasteiger partial charge in [-0.1, -0.05) is 23.7 Å².